The predicted octanol–water partition coefficient (Wildman–Crippen LogP) is 6.06. The van der Waals surface area contributed by atoms with Crippen LogP contribution in [0.4, 0.5) is 0 Å². The average molecular weight is 571 g/mol. The molecule has 4 aliphatic carbocycles. The van der Waals surface area contributed by atoms with Gasteiger partial charge < -0.3 is 14.2 Å². The summed E-state index contributed by atoms with van der Waals surface area (Å²) in [5, 5.41) is 0. The first-order valence-electron chi connectivity index (χ1n) is 15.4. The van der Waals surface area contributed by atoms with E-state index < -0.39 is 22.2 Å². The van der Waals surface area contributed by atoms with Crippen molar-refractivity contribution in [2.45, 2.75) is 105 Å². The molecule has 0 heterocycles. The molecule has 39 heavy (non-hydrogen) atoms. The van der Waals surface area contributed by atoms with Gasteiger partial charge in [-0.3, -0.25) is 4.18 Å². The van der Waals surface area contributed by atoms with Gasteiger partial charge in [0.05, 0.1) is 19.5 Å². The molecular formula is C31H54O7S. The zero-order valence-corrected chi connectivity index (χ0v) is 26.4. The highest BCUT2D eigenvalue weighted by molar-refractivity contribution is 7.86. The minimum absolute atomic E-state index is 0.116. The summed E-state index contributed by atoms with van der Waals surface area (Å²) >= 11 is 0. The van der Waals surface area contributed by atoms with E-state index in [9.17, 15) is 13.2 Å². The van der Waals surface area contributed by atoms with Gasteiger partial charge >= 0.3 is 5.97 Å². The summed E-state index contributed by atoms with van der Waals surface area (Å²) in [6.07, 6.45) is 10.2. The molecule has 0 N–H and O–H groups in total. The first-order chi connectivity index (χ1) is 18.3. The molecule has 8 heteroatoms. The largest absolute Gasteiger partial charge is 0.467 e. The highest BCUT2D eigenvalue weighted by Crippen LogP contribution is 2.70. The van der Waals surface area contributed by atoms with E-state index in [1.54, 1.807) is 7.11 Å². The fourth-order valence-corrected chi connectivity index (χ4v) is 11.1. The van der Waals surface area contributed by atoms with Crippen LogP contribution in [0.15, 0.2) is 0 Å². The second-order valence-electron chi connectivity index (χ2n) is 14.1. The Morgan fingerprint density at radius 3 is 2.28 bits per heavy atom. The van der Waals surface area contributed by atoms with Crippen molar-refractivity contribution in [1.82, 2.24) is 0 Å². The highest BCUT2D eigenvalue weighted by atomic mass is 32.2. The van der Waals surface area contributed by atoms with Crippen LogP contribution in [0.25, 0.3) is 0 Å². The Morgan fingerprint density at radius 2 is 1.67 bits per heavy atom. The molecule has 5 unspecified atom stereocenters. The normalized spacial score (nSPS) is 43.6. The van der Waals surface area contributed by atoms with Gasteiger partial charge in [0.2, 0.25) is 0 Å². The van der Waals surface area contributed by atoms with E-state index in [1.165, 1.54) is 39.2 Å². The van der Waals surface area contributed by atoms with Crippen LogP contribution in [0.5, 0.6) is 0 Å². The molecule has 4 rings (SSSR count). The molecular weight excluding hydrogens is 516 g/mol. The van der Waals surface area contributed by atoms with E-state index in [-0.39, 0.29) is 17.4 Å². The van der Waals surface area contributed by atoms with Crippen LogP contribution >= 0.6 is 0 Å². The third kappa shape index (κ3) is 5.83. The van der Waals surface area contributed by atoms with E-state index in [0.717, 1.165) is 31.4 Å². The molecule has 4 aliphatic rings. The van der Waals surface area contributed by atoms with Crippen molar-refractivity contribution >= 4 is 16.1 Å². The van der Waals surface area contributed by atoms with Crippen LogP contribution in [0.1, 0.15) is 92.4 Å². The van der Waals surface area contributed by atoms with Crippen molar-refractivity contribution in [3.05, 3.63) is 0 Å². The standard InChI is InChI=1S/C31H54O7S/c1-9-21-25-16-19(2)12-14-31(25,5)24-13-15-30(4)22(10-11-23(30)27(24)28(21)37-18-35-6)20(3)17-26(29(32)36-7)38-39(8,33)34/h19-28H,9-18H2,1-8H3/t19-,20-,21-,22-,23?,24?,25+,26?,27?,28?,30-,31-/m1/s1. The number of rotatable bonds is 10. The summed E-state index contributed by atoms with van der Waals surface area (Å²) in [4.78, 5) is 12.5. The molecule has 12 atom stereocenters. The number of methoxy groups -OCH3 is 2. The van der Waals surface area contributed by atoms with Gasteiger partial charge in [-0.25, -0.2) is 4.79 Å². The molecule has 226 valence electrons. The van der Waals surface area contributed by atoms with E-state index >= 15 is 0 Å². The topological polar surface area (TPSA) is 88.1 Å². The number of ether oxygens (including phenoxy) is 3. The molecule has 4 fully saturated rings. The molecule has 4 saturated carbocycles. The van der Waals surface area contributed by atoms with E-state index in [0.29, 0.717) is 54.1 Å². The van der Waals surface area contributed by atoms with Gasteiger partial charge in [0.1, 0.15) is 6.79 Å². The fourth-order valence-electron chi connectivity index (χ4n) is 10.5. The van der Waals surface area contributed by atoms with Crippen molar-refractivity contribution in [2.24, 2.45) is 58.2 Å². The number of esters is 1. The minimum Gasteiger partial charge on any atom is -0.467 e. The van der Waals surface area contributed by atoms with Crippen molar-refractivity contribution in [3.63, 3.8) is 0 Å². The van der Waals surface area contributed by atoms with Gasteiger partial charge in [-0.05, 0) is 103 Å². The van der Waals surface area contributed by atoms with Crippen molar-refractivity contribution in [1.29, 1.82) is 0 Å². The number of carbonyl (C=O) groups excluding carboxylic acids is 1. The highest BCUT2D eigenvalue weighted by Gasteiger charge is 2.65. The molecule has 0 radical (unpaired) electrons. The quantitative estimate of drug-likeness (QED) is 0.179. The third-order valence-electron chi connectivity index (χ3n) is 12.1. The Hall–Kier alpha value is -0.700. The molecule has 7 nitrogen and oxygen atoms in total. The van der Waals surface area contributed by atoms with Crippen molar-refractivity contribution < 1.29 is 31.6 Å². The number of carbonyl (C=O) groups is 1. The summed E-state index contributed by atoms with van der Waals surface area (Å²) in [7, 11) is -0.769. The lowest BCUT2D eigenvalue weighted by atomic mass is 9.41. The van der Waals surface area contributed by atoms with Gasteiger partial charge in [0.25, 0.3) is 10.1 Å². The SMILES string of the molecule is CC[C@H]1C(OCOC)C2C3CC[C@H]([C@H](C)CC(OS(C)(=O)=O)C(=O)OC)[C@@]3(C)CCC2[C@@]2(C)CC[C@@H](C)C[C@@H]12. The zero-order valence-electron chi connectivity index (χ0n) is 25.6. The average Bonchev–Trinajstić information content (AvgIpc) is 3.23. The van der Waals surface area contributed by atoms with Crippen LogP contribution in [0.2, 0.25) is 0 Å². The maximum atomic E-state index is 12.5. The molecule has 0 saturated heterocycles. The van der Waals surface area contributed by atoms with E-state index in [4.69, 9.17) is 18.4 Å². The van der Waals surface area contributed by atoms with Gasteiger partial charge in [-0.1, -0.05) is 47.5 Å². The van der Waals surface area contributed by atoms with Crippen LogP contribution in [0.3, 0.4) is 0 Å². The molecule has 0 aliphatic heterocycles. The zero-order chi connectivity index (χ0) is 28.8. The minimum atomic E-state index is -3.78. The van der Waals surface area contributed by atoms with Gasteiger partial charge in [0, 0.05) is 7.11 Å². The fraction of sp³-hybridized carbons (Fsp3) is 0.968. The lowest BCUT2D eigenvalue weighted by Crippen LogP contribution is -2.62. The van der Waals surface area contributed by atoms with Crippen LogP contribution in [-0.4, -0.2) is 53.9 Å². The monoisotopic (exact) mass is 570 g/mol. The third-order valence-corrected chi connectivity index (χ3v) is 12.7. The lowest BCUT2D eigenvalue weighted by Gasteiger charge is -2.65. The second-order valence-corrected chi connectivity index (χ2v) is 15.7. The summed E-state index contributed by atoms with van der Waals surface area (Å²) in [6.45, 7) is 12.4. The molecule has 0 spiro atoms. The smallest absolute Gasteiger partial charge is 0.336 e. The van der Waals surface area contributed by atoms with Crippen LogP contribution in [0, 0.1) is 58.2 Å². The Kier molecular flexibility index (Phi) is 9.52. The maximum absolute atomic E-state index is 12.5. The van der Waals surface area contributed by atoms with Crippen molar-refractivity contribution in [3.8, 4) is 0 Å². The van der Waals surface area contributed by atoms with Gasteiger partial charge in [0.15, 0.2) is 6.10 Å². The second kappa shape index (κ2) is 11.9. The molecule has 0 aromatic rings. The van der Waals surface area contributed by atoms with Gasteiger partial charge in [-0.15, -0.1) is 0 Å². The molecule has 0 bridgehead atoms. The molecule has 0 amide bonds. The summed E-state index contributed by atoms with van der Waals surface area (Å²) in [6, 6.07) is 0. The van der Waals surface area contributed by atoms with Crippen molar-refractivity contribution in [2.75, 3.05) is 27.3 Å². The van der Waals surface area contributed by atoms with Gasteiger partial charge in [-0.2, -0.15) is 8.42 Å². The molecule has 0 aromatic carbocycles. The molecule has 0 aromatic heterocycles. The Balaban J connectivity index is 1.63. The maximum Gasteiger partial charge on any atom is 0.336 e. The Labute approximate surface area is 237 Å². The number of hydrogen-bond donors (Lipinski definition) is 0. The number of fused-ring (bicyclic) bond motifs is 5. The first kappa shape index (κ1) is 31.2. The first-order valence-corrected chi connectivity index (χ1v) is 17.2. The van der Waals surface area contributed by atoms with E-state index in [1.807, 2.05) is 0 Å². The van der Waals surface area contributed by atoms with Crippen LogP contribution < -0.4 is 0 Å². The summed E-state index contributed by atoms with van der Waals surface area (Å²) in [5.74, 6) is 3.62. The Bertz CT molecular complexity index is 968. The summed E-state index contributed by atoms with van der Waals surface area (Å²) in [5.41, 5.74) is 0.472. The Morgan fingerprint density at radius 1 is 1.00 bits per heavy atom. The van der Waals surface area contributed by atoms with Crippen LogP contribution in [-0.2, 0) is 33.3 Å². The number of hydrogen-bond acceptors (Lipinski definition) is 7. The predicted molar refractivity (Wildman–Crippen MR) is 151 cm³/mol. The van der Waals surface area contributed by atoms with E-state index in [2.05, 4.69) is 34.6 Å². The summed E-state index contributed by atoms with van der Waals surface area (Å²) < 4.78 is 46.1. The lowest BCUT2D eigenvalue weighted by molar-refractivity contribution is -0.231.